The normalized spacial score (nSPS) is 10.3. The first-order valence-electron chi connectivity index (χ1n) is 5.76. The van der Waals surface area contributed by atoms with E-state index in [1.807, 2.05) is 32.0 Å². The number of hydrogen-bond donors (Lipinski definition) is 2. The number of nitrogens with zero attached hydrogens (tertiary/aromatic N) is 1. The number of aromatic nitrogens is 1. The molecule has 0 aliphatic heterocycles. The molecule has 0 aliphatic rings. The number of benzene rings is 1. The fourth-order valence-electron chi connectivity index (χ4n) is 1.88. The fraction of sp³-hybridized carbons (Fsp3) is 0.143. The third-order valence-electron chi connectivity index (χ3n) is 2.63. The lowest BCUT2D eigenvalue weighted by atomic mass is 10.1. The fourth-order valence-corrected chi connectivity index (χ4v) is 2.04. The average molecular weight is 276 g/mol. The lowest BCUT2D eigenvalue weighted by Gasteiger charge is -2.09. The summed E-state index contributed by atoms with van der Waals surface area (Å²) in [6.45, 7) is 3.95. The van der Waals surface area contributed by atoms with Crippen LogP contribution in [0.2, 0.25) is 5.15 Å². The van der Waals surface area contributed by atoms with E-state index >= 15 is 0 Å². The van der Waals surface area contributed by atoms with E-state index in [-0.39, 0.29) is 11.1 Å². The Labute approximate surface area is 116 Å². The highest BCUT2D eigenvalue weighted by molar-refractivity contribution is 6.30. The third-order valence-corrected chi connectivity index (χ3v) is 2.83. The van der Waals surface area contributed by atoms with E-state index in [9.17, 15) is 4.79 Å². The molecule has 0 radical (unpaired) electrons. The Morgan fingerprint density at radius 2 is 1.84 bits per heavy atom. The van der Waals surface area contributed by atoms with Gasteiger partial charge in [0, 0.05) is 5.69 Å². The summed E-state index contributed by atoms with van der Waals surface area (Å²) in [4.78, 5) is 15.9. The molecular formula is C14H14ClN3O. The van der Waals surface area contributed by atoms with Crippen LogP contribution in [-0.2, 0) is 0 Å². The minimum Gasteiger partial charge on any atom is -0.397 e. The van der Waals surface area contributed by atoms with Gasteiger partial charge in [0.05, 0.1) is 17.4 Å². The SMILES string of the molecule is Cc1cc(C)cc(NC(=O)c2cc(Cl)ncc2N)c1. The van der Waals surface area contributed by atoms with Crippen LogP contribution in [-0.4, -0.2) is 10.9 Å². The molecule has 19 heavy (non-hydrogen) atoms. The van der Waals surface area contributed by atoms with Crippen molar-refractivity contribution in [1.82, 2.24) is 4.98 Å². The molecule has 2 aromatic rings. The first kappa shape index (κ1) is 13.4. The van der Waals surface area contributed by atoms with Crippen LogP contribution in [0.1, 0.15) is 21.5 Å². The number of anilines is 2. The van der Waals surface area contributed by atoms with E-state index in [4.69, 9.17) is 17.3 Å². The van der Waals surface area contributed by atoms with Gasteiger partial charge in [-0.05, 0) is 43.2 Å². The summed E-state index contributed by atoms with van der Waals surface area (Å²) in [5.41, 5.74) is 9.23. The van der Waals surface area contributed by atoms with Gasteiger partial charge in [-0.25, -0.2) is 4.98 Å². The number of nitrogens with one attached hydrogen (secondary N) is 1. The van der Waals surface area contributed by atoms with Crippen LogP contribution in [0.5, 0.6) is 0 Å². The number of rotatable bonds is 2. The molecule has 0 saturated heterocycles. The van der Waals surface area contributed by atoms with Crippen molar-refractivity contribution in [2.24, 2.45) is 0 Å². The summed E-state index contributed by atoms with van der Waals surface area (Å²) in [7, 11) is 0. The van der Waals surface area contributed by atoms with Crippen LogP contribution < -0.4 is 11.1 Å². The minimum atomic E-state index is -0.299. The van der Waals surface area contributed by atoms with Gasteiger partial charge in [-0.2, -0.15) is 0 Å². The predicted octanol–water partition coefficient (Wildman–Crippen LogP) is 3.19. The number of nitrogens with two attached hydrogens (primary N) is 1. The smallest absolute Gasteiger partial charge is 0.257 e. The van der Waals surface area contributed by atoms with Gasteiger partial charge in [-0.1, -0.05) is 17.7 Å². The van der Waals surface area contributed by atoms with E-state index in [1.54, 1.807) is 0 Å². The first-order valence-corrected chi connectivity index (χ1v) is 6.14. The van der Waals surface area contributed by atoms with Crippen molar-refractivity contribution in [3.05, 3.63) is 52.3 Å². The summed E-state index contributed by atoms with van der Waals surface area (Å²) < 4.78 is 0. The van der Waals surface area contributed by atoms with Gasteiger partial charge < -0.3 is 11.1 Å². The summed E-state index contributed by atoms with van der Waals surface area (Å²) in [5, 5.41) is 3.04. The molecule has 0 atom stereocenters. The van der Waals surface area contributed by atoms with Crippen molar-refractivity contribution in [1.29, 1.82) is 0 Å². The van der Waals surface area contributed by atoms with Crippen molar-refractivity contribution in [3.8, 4) is 0 Å². The molecule has 1 heterocycles. The molecule has 1 amide bonds. The van der Waals surface area contributed by atoms with E-state index < -0.39 is 0 Å². The molecular weight excluding hydrogens is 262 g/mol. The number of amides is 1. The maximum Gasteiger partial charge on any atom is 0.257 e. The highest BCUT2D eigenvalue weighted by atomic mass is 35.5. The molecule has 0 unspecified atom stereocenters. The van der Waals surface area contributed by atoms with Crippen molar-refractivity contribution in [2.45, 2.75) is 13.8 Å². The minimum absolute atomic E-state index is 0.236. The Hall–Kier alpha value is -2.07. The summed E-state index contributed by atoms with van der Waals surface area (Å²) in [6, 6.07) is 7.27. The van der Waals surface area contributed by atoms with Gasteiger partial charge in [0.1, 0.15) is 5.15 Å². The number of pyridine rings is 1. The first-order chi connectivity index (χ1) is 8.95. The Bertz CT molecular complexity index is 620. The Morgan fingerprint density at radius 1 is 1.21 bits per heavy atom. The van der Waals surface area contributed by atoms with Crippen molar-refractivity contribution < 1.29 is 4.79 Å². The number of carbonyl (C=O) groups is 1. The quantitative estimate of drug-likeness (QED) is 0.827. The van der Waals surface area contributed by atoms with Crippen LogP contribution in [0, 0.1) is 13.8 Å². The zero-order valence-corrected chi connectivity index (χ0v) is 11.5. The van der Waals surface area contributed by atoms with Crippen LogP contribution >= 0.6 is 11.6 Å². The van der Waals surface area contributed by atoms with Crippen LogP contribution in [0.25, 0.3) is 0 Å². The van der Waals surface area contributed by atoms with Gasteiger partial charge in [-0.15, -0.1) is 0 Å². The molecule has 3 N–H and O–H groups in total. The molecule has 0 bridgehead atoms. The topological polar surface area (TPSA) is 68.0 Å². The zero-order valence-electron chi connectivity index (χ0n) is 10.7. The Kier molecular flexibility index (Phi) is 3.71. The Morgan fingerprint density at radius 3 is 2.47 bits per heavy atom. The highest BCUT2D eigenvalue weighted by Crippen LogP contribution is 2.19. The molecule has 1 aromatic heterocycles. The maximum atomic E-state index is 12.1. The van der Waals surface area contributed by atoms with Gasteiger partial charge in [0.15, 0.2) is 0 Å². The number of hydrogen-bond acceptors (Lipinski definition) is 3. The Balaban J connectivity index is 2.28. The number of carbonyl (C=O) groups excluding carboxylic acids is 1. The standard InChI is InChI=1S/C14H14ClN3O/c1-8-3-9(2)5-10(4-8)18-14(19)11-6-13(15)17-7-12(11)16/h3-7H,16H2,1-2H3,(H,18,19). The molecule has 1 aromatic carbocycles. The molecule has 0 saturated carbocycles. The van der Waals surface area contributed by atoms with Gasteiger partial charge in [0.2, 0.25) is 0 Å². The van der Waals surface area contributed by atoms with E-state index in [2.05, 4.69) is 10.3 Å². The second-order valence-corrected chi connectivity index (χ2v) is 4.81. The van der Waals surface area contributed by atoms with Crippen molar-refractivity contribution in [3.63, 3.8) is 0 Å². The summed E-state index contributed by atoms with van der Waals surface area (Å²) in [6.07, 6.45) is 1.37. The molecule has 0 spiro atoms. The number of aryl methyl sites for hydroxylation is 2. The van der Waals surface area contributed by atoms with E-state index in [0.717, 1.165) is 16.8 Å². The lowest BCUT2D eigenvalue weighted by molar-refractivity contribution is 0.102. The molecule has 0 aliphatic carbocycles. The van der Waals surface area contributed by atoms with Gasteiger partial charge in [0.25, 0.3) is 5.91 Å². The molecule has 2 rings (SSSR count). The second kappa shape index (κ2) is 5.28. The highest BCUT2D eigenvalue weighted by Gasteiger charge is 2.11. The third kappa shape index (κ3) is 3.23. The van der Waals surface area contributed by atoms with Gasteiger partial charge >= 0.3 is 0 Å². The van der Waals surface area contributed by atoms with Crippen LogP contribution in [0.4, 0.5) is 11.4 Å². The molecule has 98 valence electrons. The van der Waals surface area contributed by atoms with Crippen LogP contribution in [0.15, 0.2) is 30.5 Å². The zero-order chi connectivity index (χ0) is 14.0. The second-order valence-electron chi connectivity index (χ2n) is 4.42. The van der Waals surface area contributed by atoms with Crippen LogP contribution in [0.3, 0.4) is 0 Å². The monoisotopic (exact) mass is 275 g/mol. The van der Waals surface area contributed by atoms with Crippen molar-refractivity contribution in [2.75, 3.05) is 11.1 Å². The molecule has 5 heteroatoms. The maximum absolute atomic E-state index is 12.1. The number of halogens is 1. The average Bonchev–Trinajstić information content (AvgIpc) is 2.30. The molecule has 0 fully saturated rings. The van der Waals surface area contributed by atoms with Gasteiger partial charge in [-0.3, -0.25) is 4.79 Å². The predicted molar refractivity (Wildman–Crippen MR) is 77.5 cm³/mol. The number of nitrogen functional groups attached to an aromatic ring is 1. The largest absolute Gasteiger partial charge is 0.397 e. The van der Waals surface area contributed by atoms with Crippen molar-refractivity contribution >= 4 is 28.9 Å². The summed E-state index contributed by atoms with van der Waals surface area (Å²) >= 11 is 5.77. The van der Waals surface area contributed by atoms with E-state index in [1.165, 1.54) is 12.3 Å². The van der Waals surface area contributed by atoms with E-state index in [0.29, 0.717) is 11.3 Å². The molecule has 4 nitrogen and oxygen atoms in total. The lowest BCUT2D eigenvalue weighted by Crippen LogP contribution is -2.14. The summed E-state index contributed by atoms with van der Waals surface area (Å²) in [5.74, 6) is -0.299.